The van der Waals surface area contributed by atoms with Gasteiger partial charge in [-0.05, 0) is 38.3 Å². The summed E-state index contributed by atoms with van der Waals surface area (Å²) in [7, 11) is 0. The number of ether oxygens (including phenoxy) is 1. The quantitative estimate of drug-likeness (QED) is 0.691. The summed E-state index contributed by atoms with van der Waals surface area (Å²) in [5.74, 6) is 0.0356. The minimum Gasteiger partial charge on any atom is -0.392 e. The van der Waals surface area contributed by atoms with Crippen molar-refractivity contribution in [2.75, 3.05) is 0 Å². The molecule has 16 heavy (non-hydrogen) atoms. The maximum absolute atomic E-state index is 11.4. The van der Waals surface area contributed by atoms with Gasteiger partial charge in [0, 0.05) is 5.41 Å². The van der Waals surface area contributed by atoms with E-state index in [2.05, 4.69) is 0 Å². The molecule has 0 aromatic carbocycles. The van der Waals surface area contributed by atoms with Crippen molar-refractivity contribution in [2.45, 2.75) is 58.3 Å². The molecule has 0 bridgehead atoms. The van der Waals surface area contributed by atoms with Gasteiger partial charge in [-0.25, -0.2) is 0 Å². The lowest BCUT2D eigenvalue weighted by molar-refractivity contribution is -0.133. The van der Waals surface area contributed by atoms with Crippen LogP contribution in [0.15, 0.2) is 11.6 Å². The molecule has 1 unspecified atom stereocenters. The van der Waals surface area contributed by atoms with Crippen LogP contribution in [0.4, 0.5) is 0 Å². The molecule has 2 rings (SSSR count). The van der Waals surface area contributed by atoms with Gasteiger partial charge < -0.3 is 9.84 Å². The van der Waals surface area contributed by atoms with E-state index in [1.54, 1.807) is 6.92 Å². The van der Waals surface area contributed by atoms with Crippen LogP contribution in [0.25, 0.3) is 0 Å². The average molecular weight is 224 g/mol. The van der Waals surface area contributed by atoms with Crippen LogP contribution in [-0.4, -0.2) is 28.7 Å². The highest BCUT2D eigenvalue weighted by atomic mass is 16.5. The Labute approximate surface area is 96.5 Å². The van der Waals surface area contributed by atoms with E-state index in [0.29, 0.717) is 0 Å². The number of Topliss-reactive ketones (excluding diaryl/α,β-unsaturated/α-hetero) is 1. The van der Waals surface area contributed by atoms with Gasteiger partial charge in [0.1, 0.15) is 6.10 Å². The van der Waals surface area contributed by atoms with Gasteiger partial charge in [-0.2, -0.15) is 0 Å². The molecule has 2 aliphatic rings. The molecule has 1 N–H and O–H groups in total. The Bertz CT molecular complexity index is 356. The van der Waals surface area contributed by atoms with Gasteiger partial charge in [0.2, 0.25) is 0 Å². The van der Waals surface area contributed by atoms with E-state index in [4.69, 9.17) is 4.74 Å². The topological polar surface area (TPSA) is 46.5 Å². The summed E-state index contributed by atoms with van der Waals surface area (Å²) >= 11 is 0. The van der Waals surface area contributed by atoms with Crippen LogP contribution in [0, 0.1) is 5.41 Å². The first-order chi connectivity index (χ1) is 7.27. The molecule has 0 amide bonds. The molecule has 1 aliphatic carbocycles. The minimum absolute atomic E-state index is 0.0356. The molecule has 1 aliphatic heterocycles. The number of carbonyl (C=O) groups excluding carboxylic acids is 1. The number of aliphatic hydroxyl groups is 1. The van der Waals surface area contributed by atoms with Crippen molar-refractivity contribution in [1.29, 1.82) is 0 Å². The van der Waals surface area contributed by atoms with Gasteiger partial charge in [-0.15, -0.1) is 0 Å². The highest BCUT2D eigenvalue weighted by molar-refractivity contribution is 5.83. The number of carbonyl (C=O) groups is 1. The summed E-state index contributed by atoms with van der Waals surface area (Å²) in [6, 6.07) is 0. The van der Waals surface area contributed by atoms with Crippen LogP contribution in [0.5, 0.6) is 0 Å². The lowest BCUT2D eigenvalue weighted by Crippen LogP contribution is -2.46. The zero-order valence-corrected chi connectivity index (χ0v) is 10.4. The molecule has 0 aromatic heterocycles. The predicted molar refractivity (Wildman–Crippen MR) is 61.1 cm³/mol. The summed E-state index contributed by atoms with van der Waals surface area (Å²) in [6.45, 7) is 7.61. The fraction of sp³-hybridized carbons (Fsp3) is 0.769. The van der Waals surface area contributed by atoms with Crippen LogP contribution in [-0.2, 0) is 9.53 Å². The van der Waals surface area contributed by atoms with E-state index < -0.39 is 6.10 Å². The zero-order chi connectivity index (χ0) is 12.1. The maximum atomic E-state index is 11.4. The minimum atomic E-state index is -0.426. The maximum Gasteiger partial charge on any atom is 0.162 e. The van der Waals surface area contributed by atoms with Crippen molar-refractivity contribution < 1.29 is 14.6 Å². The van der Waals surface area contributed by atoms with Crippen LogP contribution in [0.3, 0.4) is 0 Å². The van der Waals surface area contributed by atoms with Gasteiger partial charge in [0.15, 0.2) is 5.78 Å². The standard InChI is InChI=1S/C13H20O3/c1-8(14)9-7-10-12(2,3)11(15)5-6-13(10,4)16-9/h7,9,11,15H,5-6H2,1-4H3/t9?,11-,13+/m0/s1. The predicted octanol–water partition coefficient (Wildman–Crippen LogP) is 1.84. The Hall–Kier alpha value is -0.670. The van der Waals surface area contributed by atoms with E-state index in [1.807, 2.05) is 26.8 Å². The second kappa shape index (κ2) is 3.41. The third-order valence-corrected chi connectivity index (χ3v) is 4.10. The number of ketones is 1. The normalized spacial score (nSPS) is 41.4. The van der Waals surface area contributed by atoms with E-state index in [-0.39, 0.29) is 22.9 Å². The first-order valence-corrected chi connectivity index (χ1v) is 5.86. The molecule has 1 heterocycles. The summed E-state index contributed by atoms with van der Waals surface area (Å²) in [5, 5.41) is 10.0. The highest BCUT2D eigenvalue weighted by Gasteiger charge is 2.51. The zero-order valence-electron chi connectivity index (χ0n) is 10.4. The highest BCUT2D eigenvalue weighted by Crippen LogP contribution is 2.51. The monoisotopic (exact) mass is 224 g/mol. The molecule has 0 radical (unpaired) electrons. The molecule has 3 heteroatoms. The van der Waals surface area contributed by atoms with Crippen molar-refractivity contribution in [2.24, 2.45) is 5.41 Å². The number of fused-ring (bicyclic) bond motifs is 1. The SMILES string of the molecule is CC(=O)C1C=C2C(C)(C)[C@@H](O)CC[C@@]2(C)O1. The van der Waals surface area contributed by atoms with Gasteiger partial charge >= 0.3 is 0 Å². The Morgan fingerprint density at radius 3 is 2.69 bits per heavy atom. The van der Waals surface area contributed by atoms with Gasteiger partial charge in [0.05, 0.1) is 11.7 Å². The summed E-state index contributed by atoms with van der Waals surface area (Å²) in [6.07, 6.45) is 2.65. The Kier molecular flexibility index (Phi) is 2.52. The molecule has 90 valence electrons. The average Bonchev–Trinajstić information content (AvgIpc) is 2.53. The van der Waals surface area contributed by atoms with E-state index in [1.165, 1.54) is 0 Å². The van der Waals surface area contributed by atoms with Gasteiger partial charge in [-0.1, -0.05) is 13.8 Å². The van der Waals surface area contributed by atoms with Crippen LogP contribution in [0.1, 0.15) is 40.5 Å². The number of hydrogen-bond acceptors (Lipinski definition) is 3. The van der Waals surface area contributed by atoms with Crippen LogP contribution in [0.2, 0.25) is 0 Å². The first kappa shape index (κ1) is 11.8. The largest absolute Gasteiger partial charge is 0.392 e. The molecular formula is C13H20O3. The van der Waals surface area contributed by atoms with Gasteiger partial charge in [-0.3, -0.25) is 4.79 Å². The number of rotatable bonds is 1. The lowest BCUT2D eigenvalue weighted by atomic mass is 9.65. The molecular weight excluding hydrogens is 204 g/mol. The molecule has 1 saturated carbocycles. The number of hydrogen-bond donors (Lipinski definition) is 1. The fourth-order valence-corrected chi connectivity index (χ4v) is 2.95. The molecule has 0 spiro atoms. The van der Waals surface area contributed by atoms with Crippen LogP contribution < -0.4 is 0 Å². The second-order valence-corrected chi connectivity index (χ2v) is 5.74. The third kappa shape index (κ3) is 1.54. The summed E-state index contributed by atoms with van der Waals surface area (Å²) in [5.41, 5.74) is 0.426. The smallest absolute Gasteiger partial charge is 0.162 e. The summed E-state index contributed by atoms with van der Waals surface area (Å²) in [4.78, 5) is 11.4. The van der Waals surface area contributed by atoms with Crippen molar-refractivity contribution in [3.05, 3.63) is 11.6 Å². The van der Waals surface area contributed by atoms with E-state index >= 15 is 0 Å². The molecule has 1 fully saturated rings. The Morgan fingerprint density at radius 2 is 2.12 bits per heavy atom. The molecule has 3 nitrogen and oxygen atoms in total. The van der Waals surface area contributed by atoms with Gasteiger partial charge in [0.25, 0.3) is 0 Å². The van der Waals surface area contributed by atoms with Crippen molar-refractivity contribution in [3.8, 4) is 0 Å². The molecule has 0 aromatic rings. The Morgan fingerprint density at radius 1 is 1.50 bits per heavy atom. The first-order valence-electron chi connectivity index (χ1n) is 5.86. The third-order valence-electron chi connectivity index (χ3n) is 4.10. The Balaban J connectivity index is 2.40. The van der Waals surface area contributed by atoms with Crippen LogP contribution >= 0.6 is 0 Å². The molecule has 0 saturated heterocycles. The summed E-state index contributed by atoms with van der Waals surface area (Å²) < 4.78 is 5.84. The molecule has 3 atom stereocenters. The van der Waals surface area contributed by atoms with Crippen molar-refractivity contribution >= 4 is 5.78 Å². The van der Waals surface area contributed by atoms with Crippen molar-refractivity contribution in [1.82, 2.24) is 0 Å². The van der Waals surface area contributed by atoms with Crippen molar-refractivity contribution in [3.63, 3.8) is 0 Å². The fourth-order valence-electron chi connectivity index (χ4n) is 2.95. The lowest BCUT2D eigenvalue weighted by Gasteiger charge is -2.45. The number of aliphatic hydroxyl groups excluding tert-OH is 1. The van der Waals surface area contributed by atoms with E-state index in [9.17, 15) is 9.90 Å². The van der Waals surface area contributed by atoms with E-state index in [0.717, 1.165) is 18.4 Å². The second-order valence-electron chi connectivity index (χ2n) is 5.74.